The highest BCUT2D eigenvalue weighted by atomic mass is 16.5. The molecule has 2 aromatic carbocycles. The Labute approximate surface area is 158 Å². The van der Waals surface area contributed by atoms with Gasteiger partial charge in [0.25, 0.3) is 0 Å². The molecule has 0 saturated carbocycles. The van der Waals surface area contributed by atoms with Gasteiger partial charge in [0.15, 0.2) is 0 Å². The smallest absolute Gasteiger partial charge is 0.318 e. The Kier molecular flexibility index (Phi) is 5.14. The van der Waals surface area contributed by atoms with Gasteiger partial charge in [-0.3, -0.25) is 0 Å². The molecule has 1 aliphatic rings. The molecular weight excluding hydrogens is 340 g/mol. The van der Waals surface area contributed by atoms with E-state index in [-0.39, 0.29) is 12.1 Å². The van der Waals surface area contributed by atoms with Crippen molar-refractivity contribution < 1.29 is 9.32 Å². The second-order valence-electron chi connectivity index (χ2n) is 6.64. The van der Waals surface area contributed by atoms with Crippen LogP contribution < -0.4 is 5.32 Å². The lowest BCUT2D eigenvalue weighted by Crippen LogP contribution is -2.40. The van der Waals surface area contributed by atoms with E-state index in [1.54, 1.807) is 4.90 Å². The maximum Gasteiger partial charge on any atom is 0.318 e. The summed E-state index contributed by atoms with van der Waals surface area (Å²) in [6, 6.07) is 19.6. The van der Waals surface area contributed by atoms with E-state index in [2.05, 4.69) is 27.6 Å². The third-order valence-corrected chi connectivity index (χ3v) is 4.81. The number of benzene rings is 2. The first-order valence-corrected chi connectivity index (χ1v) is 9.29. The van der Waals surface area contributed by atoms with Gasteiger partial charge in [-0.1, -0.05) is 65.8 Å². The summed E-state index contributed by atoms with van der Waals surface area (Å²) in [4.78, 5) is 18.9. The fourth-order valence-electron chi connectivity index (χ4n) is 3.40. The van der Waals surface area contributed by atoms with Crippen LogP contribution in [0.4, 0.5) is 4.79 Å². The molecule has 6 nitrogen and oxygen atoms in total. The van der Waals surface area contributed by atoms with Crippen LogP contribution in [0, 0.1) is 0 Å². The SMILES string of the molecule is O=C(NCCc1ccccc1)N1CCC[C@@H]1c1nc(-c2ccccc2)no1. The zero-order valence-electron chi connectivity index (χ0n) is 15.0. The van der Waals surface area contributed by atoms with E-state index in [1.165, 1.54) is 5.56 Å². The molecule has 27 heavy (non-hydrogen) atoms. The van der Waals surface area contributed by atoms with Crippen LogP contribution in [0.2, 0.25) is 0 Å². The number of amides is 2. The molecule has 0 bridgehead atoms. The van der Waals surface area contributed by atoms with Crippen molar-refractivity contribution in [2.75, 3.05) is 13.1 Å². The minimum absolute atomic E-state index is 0.0760. The van der Waals surface area contributed by atoms with Crippen molar-refractivity contribution in [2.24, 2.45) is 0 Å². The van der Waals surface area contributed by atoms with Gasteiger partial charge in [0, 0.05) is 18.7 Å². The second-order valence-corrected chi connectivity index (χ2v) is 6.64. The number of likely N-dealkylation sites (tertiary alicyclic amines) is 1. The van der Waals surface area contributed by atoms with Crippen molar-refractivity contribution in [3.63, 3.8) is 0 Å². The fourth-order valence-corrected chi connectivity index (χ4v) is 3.40. The Morgan fingerprint density at radius 1 is 1.11 bits per heavy atom. The maximum absolute atomic E-state index is 12.6. The third kappa shape index (κ3) is 4.00. The number of nitrogens with zero attached hydrogens (tertiary/aromatic N) is 3. The van der Waals surface area contributed by atoms with Gasteiger partial charge in [-0.15, -0.1) is 0 Å². The molecule has 0 spiro atoms. The van der Waals surface area contributed by atoms with Crippen molar-refractivity contribution >= 4 is 6.03 Å². The zero-order chi connectivity index (χ0) is 18.5. The van der Waals surface area contributed by atoms with Gasteiger partial charge in [0.1, 0.15) is 6.04 Å². The van der Waals surface area contributed by atoms with Gasteiger partial charge >= 0.3 is 6.03 Å². The van der Waals surface area contributed by atoms with Gasteiger partial charge in [-0.2, -0.15) is 4.98 Å². The average Bonchev–Trinajstić information content (AvgIpc) is 3.39. The summed E-state index contributed by atoms with van der Waals surface area (Å²) in [6.45, 7) is 1.30. The highest BCUT2D eigenvalue weighted by Crippen LogP contribution is 2.31. The van der Waals surface area contributed by atoms with E-state index < -0.39 is 0 Å². The molecule has 1 aliphatic heterocycles. The molecule has 0 aliphatic carbocycles. The van der Waals surface area contributed by atoms with Crippen molar-refractivity contribution in [3.05, 3.63) is 72.1 Å². The van der Waals surface area contributed by atoms with Crippen molar-refractivity contribution in [3.8, 4) is 11.4 Å². The Bertz CT molecular complexity index is 879. The lowest BCUT2D eigenvalue weighted by molar-refractivity contribution is 0.180. The van der Waals surface area contributed by atoms with Crippen LogP contribution in [0.15, 0.2) is 65.2 Å². The first-order chi connectivity index (χ1) is 13.3. The van der Waals surface area contributed by atoms with Gasteiger partial charge in [0.05, 0.1) is 0 Å². The van der Waals surface area contributed by atoms with Gasteiger partial charge in [-0.05, 0) is 24.8 Å². The predicted octanol–water partition coefficient (Wildman–Crippen LogP) is 3.83. The summed E-state index contributed by atoms with van der Waals surface area (Å²) in [5, 5.41) is 7.09. The topological polar surface area (TPSA) is 71.3 Å². The molecule has 2 heterocycles. The number of rotatable bonds is 5. The van der Waals surface area contributed by atoms with Crippen molar-refractivity contribution in [1.82, 2.24) is 20.4 Å². The lowest BCUT2D eigenvalue weighted by Gasteiger charge is -2.22. The Morgan fingerprint density at radius 3 is 2.63 bits per heavy atom. The lowest BCUT2D eigenvalue weighted by atomic mass is 10.1. The largest absolute Gasteiger partial charge is 0.338 e. The summed E-state index contributed by atoms with van der Waals surface area (Å²) in [5.41, 5.74) is 2.12. The molecule has 0 unspecified atom stereocenters. The molecule has 2 amide bonds. The molecule has 1 N–H and O–H groups in total. The second kappa shape index (κ2) is 8.03. The maximum atomic E-state index is 12.6. The Morgan fingerprint density at radius 2 is 1.85 bits per heavy atom. The van der Waals surface area contributed by atoms with Crippen LogP contribution >= 0.6 is 0 Å². The number of aromatic nitrogens is 2. The normalized spacial score (nSPS) is 16.4. The number of carbonyl (C=O) groups excluding carboxylic acids is 1. The van der Waals surface area contributed by atoms with E-state index in [1.807, 2.05) is 48.5 Å². The van der Waals surface area contributed by atoms with E-state index in [9.17, 15) is 4.79 Å². The predicted molar refractivity (Wildman–Crippen MR) is 102 cm³/mol. The van der Waals surface area contributed by atoms with Crippen molar-refractivity contribution in [2.45, 2.75) is 25.3 Å². The van der Waals surface area contributed by atoms with Crippen LogP contribution in [0.3, 0.4) is 0 Å². The average molecular weight is 362 g/mol. The van der Waals surface area contributed by atoms with Crippen molar-refractivity contribution in [1.29, 1.82) is 0 Å². The number of hydrogen-bond acceptors (Lipinski definition) is 4. The van der Waals surface area contributed by atoms with Gasteiger partial charge in [-0.25, -0.2) is 4.79 Å². The number of hydrogen-bond donors (Lipinski definition) is 1. The molecule has 1 aromatic heterocycles. The minimum atomic E-state index is -0.160. The molecule has 1 saturated heterocycles. The molecular formula is C21H22N4O2. The summed E-state index contributed by atoms with van der Waals surface area (Å²) in [7, 11) is 0. The van der Waals surface area contributed by atoms with E-state index in [0.29, 0.717) is 24.8 Å². The van der Waals surface area contributed by atoms with Gasteiger partial charge < -0.3 is 14.7 Å². The number of carbonyl (C=O) groups is 1. The van der Waals surface area contributed by atoms with Crippen LogP contribution in [0.5, 0.6) is 0 Å². The highest BCUT2D eigenvalue weighted by Gasteiger charge is 2.34. The van der Waals surface area contributed by atoms with E-state index in [4.69, 9.17) is 4.52 Å². The molecule has 3 aromatic rings. The Hall–Kier alpha value is -3.15. The van der Waals surface area contributed by atoms with E-state index >= 15 is 0 Å². The van der Waals surface area contributed by atoms with Gasteiger partial charge in [0.2, 0.25) is 11.7 Å². The molecule has 1 fully saturated rings. The molecule has 6 heteroatoms. The van der Waals surface area contributed by atoms with Crippen LogP contribution in [-0.2, 0) is 6.42 Å². The summed E-state index contributed by atoms with van der Waals surface area (Å²) >= 11 is 0. The summed E-state index contributed by atoms with van der Waals surface area (Å²) in [6.07, 6.45) is 2.58. The number of nitrogens with one attached hydrogen (secondary N) is 1. The summed E-state index contributed by atoms with van der Waals surface area (Å²) in [5.74, 6) is 1.06. The highest BCUT2D eigenvalue weighted by molar-refractivity contribution is 5.75. The quantitative estimate of drug-likeness (QED) is 0.749. The molecule has 4 rings (SSSR count). The van der Waals surface area contributed by atoms with E-state index in [0.717, 1.165) is 24.8 Å². The monoisotopic (exact) mass is 362 g/mol. The summed E-state index contributed by atoms with van der Waals surface area (Å²) < 4.78 is 5.47. The number of urea groups is 1. The van der Waals surface area contributed by atoms with Crippen LogP contribution in [0.1, 0.15) is 30.3 Å². The standard InChI is InChI=1S/C21H22N4O2/c26-21(22-14-13-16-8-3-1-4-9-16)25-15-7-12-18(25)20-23-19(24-27-20)17-10-5-2-6-11-17/h1-6,8-11,18H,7,12-15H2,(H,22,26)/t18-/m1/s1. The molecule has 0 radical (unpaired) electrons. The first-order valence-electron chi connectivity index (χ1n) is 9.29. The fraction of sp³-hybridized carbons (Fsp3) is 0.286. The molecule has 1 atom stereocenters. The molecule has 138 valence electrons. The third-order valence-electron chi connectivity index (χ3n) is 4.81. The minimum Gasteiger partial charge on any atom is -0.338 e. The van der Waals surface area contributed by atoms with Crippen LogP contribution in [-0.4, -0.2) is 34.2 Å². The Balaban J connectivity index is 1.38. The first kappa shape index (κ1) is 17.3. The van der Waals surface area contributed by atoms with Crippen LogP contribution in [0.25, 0.3) is 11.4 Å². The zero-order valence-corrected chi connectivity index (χ0v) is 15.0.